The van der Waals surface area contributed by atoms with Crippen LogP contribution in [0.5, 0.6) is 0 Å². The minimum Gasteiger partial charge on any atom is -0.463 e. The lowest BCUT2D eigenvalue weighted by atomic mass is 9.85. The molecule has 1 unspecified atom stereocenters. The first kappa shape index (κ1) is 24.3. The second-order valence-electron chi connectivity index (χ2n) is 10.1. The fraction of sp³-hybridized carbons (Fsp3) is 0.615. The number of nitrogens with one attached hydrogen (secondary N) is 1. The second-order valence-corrected chi connectivity index (χ2v) is 10.1. The van der Waals surface area contributed by atoms with Gasteiger partial charge < -0.3 is 10.1 Å². The van der Waals surface area contributed by atoms with E-state index in [1.165, 1.54) is 24.8 Å². The predicted octanol–water partition coefficient (Wildman–Crippen LogP) is 4.76. The summed E-state index contributed by atoms with van der Waals surface area (Å²) in [5.41, 5.74) is 3.38. The van der Waals surface area contributed by atoms with E-state index in [1.54, 1.807) is 11.9 Å². The van der Waals surface area contributed by atoms with Gasteiger partial charge >= 0.3 is 12.0 Å². The van der Waals surface area contributed by atoms with Gasteiger partial charge in [-0.15, -0.1) is 0 Å². The minimum absolute atomic E-state index is 0.0300. The van der Waals surface area contributed by atoms with Crippen molar-refractivity contribution in [1.29, 1.82) is 0 Å². The van der Waals surface area contributed by atoms with Crippen LogP contribution in [0.3, 0.4) is 0 Å². The Labute approximate surface area is 193 Å². The predicted molar refractivity (Wildman–Crippen MR) is 127 cm³/mol. The highest BCUT2D eigenvalue weighted by atomic mass is 16.5. The van der Waals surface area contributed by atoms with Crippen LogP contribution in [-0.2, 0) is 14.9 Å². The Balaban J connectivity index is 2.00. The average Bonchev–Trinajstić information content (AvgIpc) is 2.77. The summed E-state index contributed by atoms with van der Waals surface area (Å²) in [7, 11) is 3.83. The molecular formula is C26H39N3O3. The molecule has 32 heavy (non-hydrogen) atoms. The summed E-state index contributed by atoms with van der Waals surface area (Å²) in [6.07, 6.45) is 6.07. The minimum atomic E-state index is -0.526. The summed E-state index contributed by atoms with van der Waals surface area (Å²) in [5, 5.41) is 3.02. The number of benzene rings is 1. The molecule has 1 aliphatic carbocycles. The Bertz CT molecular complexity index is 848. The highest BCUT2D eigenvalue weighted by Crippen LogP contribution is 2.33. The van der Waals surface area contributed by atoms with Crippen molar-refractivity contribution in [2.75, 3.05) is 27.2 Å². The maximum atomic E-state index is 13.2. The van der Waals surface area contributed by atoms with Crippen molar-refractivity contribution >= 4 is 12.0 Å². The van der Waals surface area contributed by atoms with Crippen LogP contribution >= 0.6 is 0 Å². The molecule has 1 aromatic rings. The number of carbonyl (C=O) groups is 2. The number of esters is 1. The van der Waals surface area contributed by atoms with Crippen molar-refractivity contribution in [3.8, 4) is 0 Å². The summed E-state index contributed by atoms with van der Waals surface area (Å²) in [4.78, 5) is 29.9. The molecule has 6 heteroatoms. The molecule has 1 aromatic carbocycles. The number of hydrogen-bond donors (Lipinski definition) is 1. The molecule has 0 radical (unpaired) electrons. The van der Waals surface area contributed by atoms with Crippen LogP contribution in [0.2, 0.25) is 0 Å². The molecule has 0 spiro atoms. The molecule has 1 aliphatic heterocycles. The molecule has 2 aliphatic rings. The monoisotopic (exact) mass is 441 g/mol. The van der Waals surface area contributed by atoms with Crippen LogP contribution in [0.1, 0.15) is 77.0 Å². The number of hydrogen-bond acceptors (Lipinski definition) is 4. The molecule has 3 rings (SSSR count). The Kier molecular flexibility index (Phi) is 7.65. The molecule has 1 saturated carbocycles. The number of urea groups is 1. The van der Waals surface area contributed by atoms with Crippen molar-refractivity contribution in [3.63, 3.8) is 0 Å². The highest BCUT2D eigenvalue weighted by Gasteiger charge is 2.37. The number of rotatable bonds is 6. The first-order chi connectivity index (χ1) is 15.1. The van der Waals surface area contributed by atoms with E-state index in [0.717, 1.165) is 24.1 Å². The number of nitrogens with zero attached hydrogens (tertiary/aromatic N) is 2. The van der Waals surface area contributed by atoms with Gasteiger partial charge in [-0.1, -0.05) is 64.3 Å². The molecule has 2 amide bonds. The second kappa shape index (κ2) is 10.1. The van der Waals surface area contributed by atoms with Crippen molar-refractivity contribution < 1.29 is 14.3 Å². The Hall–Kier alpha value is -2.34. The number of ether oxygens (including phenoxy) is 1. The highest BCUT2D eigenvalue weighted by molar-refractivity contribution is 5.95. The van der Waals surface area contributed by atoms with Crippen molar-refractivity contribution in [3.05, 3.63) is 46.7 Å². The molecular weight excluding hydrogens is 402 g/mol. The van der Waals surface area contributed by atoms with Gasteiger partial charge in [0.1, 0.15) is 0 Å². The van der Waals surface area contributed by atoms with Gasteiger partial charge in [0.05, 0.1) is 18.2 Å². The van der Waals surface area contributed by atoms with E-state index < -0.39 is 6.04 Å². The lowest BCUT2D eigenvalue weighted by Crippen LogP contribution is -2.50. The van der Waals surface area contributed by atoms with E-state index >= 15 is 0 Å². The van der Waals surface area contributed by atoms with Gasteiger partial charge in [0.2, 0.25) is 0 Å². The Morgan fingerprint density at radius 2 is 1.78 bits per heavy atom. The lowest BCUT2D eigenvalue weighted by Gasteiger charge is -2.38. The first-order valence-electron chi connectivity index (χ1n) is 11.9. The first-order valence-corrected chi connectivity index (χ1v) is 11.9. The molecule has 0 aromatic heterocycles. The molecule has 1 fully saturated rings. The molecule has 1 atom stereocenters. The topological polar surface area (TPSA) is 61.9 Å². The Morgan fingerprint density at radius 3 is 2.34 bits per heavy atom. The fourth-order valence-corrected chi connectivity index (χ4v) is 4.71. The van der Waals surface area contributed by atoms with Gasteiger partial charge in [0.25, 0.3) is 0 Å². The summed E-state index contributed by atoms with van der Waals surface area (Å²) in [6, 6.07) is 7.93. The summed E-state index contributed by atoms with van der Waals surface area (Å²) in [6.45, 7) is 9.15. The van der Waals surface area contributed by atoms with E-state index in [9.17, 15) is 9.59 Å². The zero-order chi connectivity index (χ0) is 23.5. The maximum absolute atomic E-state index is 13.2. The molecule has 176 valence electrons. The quantitative estimate of drug-likeness (QED) is 0.647. The van der Waals surface area contributed by atoms with Crippen LogP contribution in [-0.4, -0.2) is 55.1 Å². The van der Waals surface area contributed by atoms with Gasteiger partial charge in [0, 0.05) is 25.3 Å². The zero-order valence-electron chi connectivity index (χ0n) is 20.5. The van der Waals surface area contributed by atoms with Gasteiger partial charge in [0.15, 0.2) is 0 Å². The SMILES string of the molecule is CCOC(=O)C1=C(CN(C)C2CCCCC2)N(C)C(=O)NC1c1ccc(C(C)(C)C)cc1. The van der Waals surface area contributed by atoms with Gasteiger partial charge in [-0.05, 0) is 43.4 Å². The third kappa shape index (κ3) is 5.34. The van der Waals surface area contributed by atoms with Crippen molar-refractivity contribution in [2.24, 2.45) is 0 Å². The molecule has 1 heterocycles. The molecule has 6 nitrogen and oxygen atoms in total. The maximum Gasteiger partial charge on any atom is 0.338 e. The number of amides is 2. The van der Waals surface area contributed by atoms with E-state index in [2.05, 4.69) is 50.2 Å². The summed E-state index contributed by atoms with van der Waals surface area (Å²) in [5.74, 6) is -0.365. The Morgan fingerprint density at radius 1 is 1.16 bits per heavy atom. The van der Waals surface area contributed by atoms with Crippen LogP contribution in [0.25, 0.3) is 0 Å². The van der Waals surface area contributed by atoms with Gasteiger partial charge in [-0.3, -0.25) is 9.80 Å². The third-order valence-corrected chi connectivity index (χ3v) is 6.78. The van der Waals surface area contributed by atoms with E-state index in [0.29, 0.717) is 24.8 Å². The lowest BCUT2D eigenvalue weighted by molar-refractivity contribution is -0.139. The van der Waals surface area contributed by atoms with E-state index in [-0.39, 0.29) is 17.4 Å². The molecule has 1 N–H and O–H groups in total. The van der Waals surface area contributed by atoms with Gasteiger partial charge in [-0.25, -0.2) is 9.59 Å². The molecule has 0 bridgehead atoms. The summed E-state index contributed by atoms with van der Waals surface area (Å²) < 4.78 is 5.46. The zero-order valence-corrected chi connectivity index (χ0v) is 20.5. The van der Waals surface area contributed by atoms with E-state index in [1.807, 2.05) is 19.1 Å². The average molecular weight is 442 g/mol. The third-order valence-electron chi connectivity index (χ3n) is 6.78. The van der Waals surface area contributed by atoms with Crippen LogP contribution in [0, 0.1) is 0 Å². The van der Waals surface area contributed by atoms with Gasteiger partial charge in [-0.2, -0.15) is 0 Å². The van der Waals surface area contributed by atoms with Crippen LogP contribution in [0.15, 0.2) is 35.5 Å². The molecule has 0 saturated heterocycles. The standard InChI is InChI=1S/C26H39N3O3/c1-7-32-24(30)22-21(17-28(5)20-11-9-8-10-12-20)29(6)25(31)27-23(22)18-13-15-19(16-14-18)26(2,3)4/h13-16,20,23H,7-12,17H2,1-6H3,(H,27,31). The van der Waals surface area contributed by atoms with Crippen LogP contribution < -0.4 is 5.32 Å². The normalized spacial score (nSPS) is 20.5. The largest absolute Gasteiger partial charge is 0.463 e. The van der Waals surface area contributed by atoms with Crippen molar-refractivity contribution in [1.82, 2.24) is 15.1 Å². The van der Waals surface area contributed by atoms with E-state index in [4.69, 9.17) is 4.74 Å². The summed E-state index contributed by atoms with van der Waals surface area (Å²) >= 11 is 0. The van der Waals surface area contributed by atoms with Crippen LogP contribution in [0.4, 0.5) is 4.79 Å². The van der Waals surface area contributed by atoms with Crippen molar-refractivity contribution in [2.45, 2.75) is 77.3 Å². The smallest absolute Gasteiger partial charge is 0.338 e. The number of likely N-dealkylation sites (N-methyl/N-ethyl adjacent to an activating group) is 2. The fourth-order valence-electron chi connectivity index (χ4n) is 4.71. The number of carbonyl (C=O) groups excluding carboxylic acids is 2.